The molecule has 1 aliphatic rings. The van der Waals surface area contributed by atoms with Crippen LogP contribution in [0.5, 0.6) is 0 Å². The molecule has 0 bridgehead atoms. The molecule has 9 nitrogen and oxygen atoms in total. The van der Waals surface area contributed by atoms with E-state index in [4.69, 9.17) is 4.52 Å². The Morgan fingerprint density at radius 2 is 1.69 bits per heavy atom. The minimum absolute atomic E-state index is 0.0594. The molecule has 1 aliphatic carbocycles. The van der Waals surface area contributed by atoms with Crippen LogP contribution in [0.15, 0.2) is 76.1 Å². The first-order chi connectivity index (χ1) is 16.7. The Labute approximate surface area is 202 Å². The number of rotatable bonds is 7. The van der Waals surface area contributed by atoms with Crippen molar-refractivity contribution >= 4 is 27.3 Å². The molecule has 2 N–H and O–H groups in total. The molecular weight excluding hydrogens is 466 g/mol. The van der Waals surface area contributed by atoms with Crippen molar-refractivity contribution in [2.75, 3.05) is 10.0 Å². The fourth-order valence-electron chi connectivity index (χ4n) is 3.46. The van der Waals surface area contributed by atoms with E-state index in [-0.39, 0.29) is 22.1 Å². The molecule has 178 valence electrons. The number of carbonyl (C=O) groups is 1. The van der Waals surface area contributed by atoms with Gasteiger partial charge in [0.1, 0.15) is 5.69 Å². The zero-order valence-electron chi connectivity index (χ0n) is 19.1. The van der Waals surface area contributed by atoms with Gasteiger partial charge in [0, 0.05) is 22.4 Å². The van der Waals surface area contributed by atoms with Gasteiger partial charge in [-0.15, -0.1) is 0 Å². The van der Waals surface area contributed by atoms with Crippen molar-refractivity contribution in [1.29, 1.82) is 0 Å². The molecule has 0 spiro atoms. The van der Waals surface area contributed by atoms with E-state index in [9.17, 15) is 13.2 Å². The molecule has 2 aromatic carbocycles. The zero-order valence-corrected chi connectivity index (χ0v) is 20.0. The van der Waals surface area contributed by atoms with Crippen LogP contribution in [-0.2, 0) is 14.8 Å². The lowest BCUT2D eigenvalue weighted by Gasteiger charge is -2.12. The number of hydrogen-bond acceptors (Lipinski definition) is 7. The van der Waals surface area contributed by atoms with Crippen molar-refractivity contribution < 1.29 is 17.7 Å². The lowest BCUT2D eigenvalue weighted by atomic mass is 10.1. The highest BCUT2D eigenvalue weighted by Crippen LogP contribution is 2.45. The molecule has 10 heteroatoms. The third-order valence-corrected chi connectivity index (χ3v) is 7.27. The van der Waals surface area contributed by atoms with Crippen LogP contribution in [0.25, 0.3) is 23.0 Å². The molecule has 1 fully saturated rings. The molecule has 1 saturated carbocycles. The first kappa shape index (κ1) is 22.7. The van der Waals surface area contributed by atoms with Gasteiger partial charge in [-0.2, -0.15) is 4.98 Å². The Kier molecular flexibility index (Phi) is 5.60. The van der Waals surface area contributed by atoms with Gasteiger partial charge < -0.3 is 9.84 Å². The second-order valence-electron chi connectivity index (χ2n) is 8.81. The van der Waals surface area contributed by atoms with Gasteiger partial charge in [-0.3, -0.25) is 9.52 Å². The van der Waals surface area contributed by atoms with Crippen molar-refractivity contribution in [2.24, 2.45) is 5.41 Å². The van der Waals surface area contributed by atoms with Crippen LogP contribution < -0.4 is 10.0 Å². The Bertz CT molecular complexity index is 1510. The van der Waals surface area contributed by atoms with E-state index in [1.165, 1.54) is 12.1 Å². The fourth-order valence-corrected chi connectivity index (χ4v) is 4.51. The zero-order chi connectivity index (χ0) is 24.6. The molecule has 0 radical (unpaired) electrons. The number of aryl methyl sites for hydroxylation is 1. The lowest BCUT2D eigenvalue weighted by molar-refractivity contribution is -0.120. The van der Waals surface area contributed by atoms with Crippen molar-refractivity contribution in [3.63, 3.8) is 0 Å². The lowest BCUT2D eigenvalue weighted by Crippen LogP contribution is -2.21. The topological polar surface area (TPSA) is 127 Å². The van der Waals surface area contributed by atoms with Crippen molar-refractivity contribution in [1.82, 2.24) is 15.1 Å². The van der Waals surface area contributed by atoms with Crippen LogP contribution in [0.3, 0.4) is 0 Å². The summed E-state index contributed by atoms with van der Waals surface area (Å²) in [5, 5.41) is 6.83. The molecule has 0 saturated heterocycles. The minimum atomic E-state index is -3.85. The third kappa shape index (κ3) is 4.92. The highest BCUT2D eigenvalue weighted by Gasteiger charge is 2.44. The number of sulfonamides is 1. The van der Waals surface area contributed by atoms with Gasteiger partial charge in [0.25, 0.3) is 15.9 Å². The van der Waals surface area contributed by atoms with Crippen molar-refractivity contribution in [2.45, 2.75) is 31.6 Å². The predicted molar refractivity (Wildman–Crippen MR) is 131 cm³/mol. The molecule has 0 unspecified atom stereocenters. The summed E-state index contributed by atoms with van der Waals surface area (Å²) in [7, 11) is -3.85. The smallest absolute Gasteiger partial charge is 0.276 e. The largest absolute Gasteiger partial charge is 0.332 e. The van der Waals surface area contributed by atoms with E-state index in [1.54, 1.807) is 42.5 Å². The van der Waals surface area contributed by atoms with Crippen molar-refractivity contribution in [3.05, 3.63) is 72.4 Å². The number of hydrogen-bond donors (Lipinski definition) is 2. The summed E-state index contributed by atoms with van der Waals surface area (Å²) >= 11 is 0. The monoisotopic (exact) mass is 489 g/mol. The molecule has 35 heavy (non-hydrogen) atoms. The highest BCUT2D eigenvalue weighted by molar-refractivity contribution is 7.92. The van der Waals surface area contributed by atoms with Gasteiger partial charge in [-0.1, -0.05) is 24.2 Å². The normalized spacial score (nSPS) is 14.3. The number of amides is 1. The number of anilines is 2. The van der Waals surface area contributed by atoms with E-state index in [1.807, 2.05) is 26.0 Å². The maximum Gasteiger partial charge on any atom is 0.276 e. The summed E-state index contributed by atoms with van der Waals surface area (Å²) in [6.07, 6.45) is 1.71. The standard InChI is InChI=1S/C25H23N5O4S/c1-16-5-3-8-21(26-16)23-28-22(29-34-23)17-9-11-20(12-10-17)35(32,33)30-19-7-4-6-18(15-19)27-24(31)25(2)13-14-25/h3-12,15,30H,13-14H2,1-2H3,(H,27,31). The molecule has 2 aromatic heterocycles. The second-order valence-corrected chi connectivity index (χ2v) is 10.5. The molecule has 4 aromatic rings. The van der Waals surface area contributed by atoms with E-state index in [0.717, 1.165) is 18.5 Å². The number of pyridine rings is 1. The Hall–Kier alpha value is -4.05. The summed E-state index contributed by atoms with van der Waals surface area (Å²) in [6.45, 7) is 3.78. The van der Waals surface area contributed by atoms with Gasteiger partial charge in [0.2, 0.25) is 11.7 Å². The van der Waals surface area contributed by atoms with Gasteiger partial charge in [0.05, 0.1) is 10.6 Å². The summed E-state index contributed by atoms with van der Waals surface area (Å²) in [5.41, 5.74) is 2.56. The first-order valence-corrected chi connectivity index (χ1v) is 12.5. The summed E-state index contributed by atoms with van der Waals surface area (Å²) in [4.78, 5) is 21.1. The first-order valence-electron chi connectivity index (χ1n) is 11.0. The molecule has 0 aliphatic heterocycles. The van der Waals surface area contributed by atoms with E-state index in [2.05, 4.69) is 25.2 Å². The quantitative estimate of drug-likeness (QED) is 0.387. The van der Waals surface area contributed by atoms with Gasteiger partial charge in [-0.05, 0) is 74.4 Å². The van der Waals surface area contributed by atoms with Gasteiger partial charge in [-0.25, -0.2) is 13.4 Å². The summed E-state index contributed by atoms with van der Waals surface area (Å²) in [6, 6.07) is 18.3. The Balaban J connectivity index is 1.30. The second kappa shape index (κ2) is 8.62. The van der Waals surface area contributed by atoms with E-state index in [0.29, 0.717) is 28.5 Å². The van der Waals surface area contributed by atoms with Crippen LogP contribution in [0.1, 0.15) is 25.5 Å². The fraction of sp³-hybridized carbons (Fsp3) is 0.200. The Morgan fingerprint density at radius 3 is 2.40 bits per heavy atom. The van der Waals surface area contributed by atoms with Gasteiger partial charge in [0.15, 0.2) is 0 Å². The van der Waals surface area contributed by atoms with Crippen LogP contribution in [0.4, 0.5) is 11.4 Å². The van der Waals surface area contributed by atoms with Crippen molar-refractivity contribution in [3.8, 4) is 23.0 Å². The van der Waals surface area contributed by atoms with Gasteiger partial charge >= 0.3 is 0 Å². The van der Waals surface area contributed by atoms with E-state index < -0.39 is 10.0 Å². The maximum atomic E-state index is 12.9. The third-order valence-electron chi connectivity index (χ3n) is 5.88. The molecule has 1 amide bonds. The van der Waals surface area contributed by atoms with Crippen LogP contribution in [0.2, 0.25) is 0 Å². The average molecular weight is 490 g/mol. The molecular formula is C25H23N5O4S. The van der Waals surface area contributed by atoms with Crippen LogP contribution >= 0.6 is 0 Å². The SMILES string of the molecule is Cc1cccc(-c2nc(-c3ccc(S(=O)(=O)Nc4cccc(NC(=O)C5(C)CC5)c4)cc3)no2)n1. The number of carbonyl (C=O) groups excluding carboxylic acids is 1. The molecule has 5 rings (SSSR count). The average Bonchev–Trinajstić information content (AvgIpc) is 3.39. The molecule has 2 heterocycles. The number of nitrogens with zero attached hydrogens (tertiary/aromatic N) is 3. The predicted octanol–water partition coefficient (Wildman–Crippen LogP) is 4.65. The number of nitrogens with one attached hydrogen (secondary N) is 2. The highest BCUT2D eigenvalue weighted by atomic mass is 32.2. The number of benzene rings is 2. The maximum absolute atomic E-state index is 12.9. The Morgan fingerprint density at radius 1 is 0.971 bits per heavy atom. The van der Waals surface area contributed by atoms with Crippen LogP contribution in [0, 0.1) is 12.3 Å². The number of aromatic nitrogens is 3. The summed E-state index contributed by atoms with van der Waals surface area (Å²) < 4.78 is 33.7. The minimum Gasteiger partial charge on any atom is -0.332 e. The summed E-state index contributed by atoms with van der Waals surface area (Å²) in [5.74, 6) is 0.550. The van der Waals surface area contributed by atoms with Crippen LogP contribution in [-0.4, -0.2) is 29.4 Å². The van der Waals surface area contributed by atoms with E-state index >= 15 is 0 Å². The molecule has 0 atom stereocenters.